The number of nitrogens with one attached hydrogen (secondary N) is 2. The van der Waals surface area contributed by atoms with E-state index in [1.807, 2.05) is 0 Å². The first-order valence-electron chi connectivity index (χ1n) is 8.51. The van der Waals surface area contributed by atoms with Crippen LogP contribution in [-0.4, -0.2) is 23.9 Å². The molecule has 0 aliphatic carbocycles. The molecule has 7 heteroatoms. The third-order valence-electron chi connectivity index (χ3n) is 3.96. The molecule has 0 unspecified atom stereocenters. The van der Waals surface area contributed by atoms with E-state index in [9.17, 15) is 14.0 Å². The Kier molecular flexibility index (Phi) is 5.96. The van der Waals surface area contributed by atoms with Crippen molar-refractivity contribution >= 4 is 17.5 Å². The van der Waals surface area contributed by atoms with Crippen LogP contribution in [0.4, 0.5) is 10.1 Å². The van der Waals surface area contributed by atoms with E-state index in [1.165, 1.54) is 18.2 Å². The summed E-state index contributed by atoms with van der Waals surface area (Å²) in [6, 6.07) is 17.6. The highest BCUT2D eigenvalue weighted by Crippen LogP contribution is 2.15. The summed E-state index contributed by atoms with van der Waals surface area (Å²) in [5.74, 6) is -0.677. The smallest absolute Gasteiger partial charge is 0.274 e. The van der Waals surface area contributed by atoms with Gasteiger partial charge in [-0.15, -0.1) is 0 Å². The van der Waals surface area contributed by atoms with Gasteiger partial charge in [0.05, 0.1) is 7.11 Å². The average molecular weight is 379 g/mol. The van der Waals surface area contributed by atoms with Crippen LogP contribution in [0.1, 0.15) is 26.5 Å². The van der Waals surface area contributed by atoms with E-state index in [0.29, 0.717) is 17.0 Å². The predicted octanol–water partition coefficient (Wildman–Crippen LogP) is 3.41. The molecule has 3 rings (SSSR count). The van der Waals surface area contributed by atoms with Crippen LogP contribution < -0.4 is 15.4 Å². The Balaban J connectivity index is 1.66. The van der Waals surface area contributed by atoms with Crippen LogP contribution in [0.25, 0.3) is 0 Å². The average Bonchev–Trinajstić information content (AvgIpc) is 2.73. The Hall–Kier alpha value is -3.74. The van der Waals surface area contributed by atoms with Crippen molar-refractivity contribution in [3.63, 3.8) is 0 Å². The lowest BCUT2D eigenvalue weighted by atomic mass is 10.2. The standard InChI is InChI=1S/C21H18FN3O3/c1-28-16-11-9-15(10-12-16)24-21(27)19-8-4-7-18(25-19)20(26)23-13-14-5-2-3-6-17(14)22/h2-12H,13H2,1H3,(H,23,26)(H,24,27). The number of nitrogens with zero attached hydrogens (tertiary/aromatic N) is 1. The molecule has 0 fully saturated rings. The maximum Gasteiger partial charge on any atom is 0.274 e. The van der Waals surface area contributed by atoms with Gasteiger partial charge >= 0.3 is 0 Å². The van der Waals surface area contributed by atoms with Gasteiger partial charge in [0.2, 0.25) is 0 Å². The fraction of sp³-hybridized carbons (Fsp3) is 0.0952. The lowest BCUT2D eigenvalue weighted by molar-refractivity contribution is 0.0945. The van der Waals surface area contributed by atoms with Gasteiger partial charge in [-0.3, -0.25) is 9.59 Å². The largest absolute Gasteiger partial charge is 0.497 e. The summed E-state index contributed by atoms with van der Waals surface area (Å²) in [5, 5.41) is 5.30. The van der Waals surface area contributed by atoms with Crippen molar-refractivity contribution in [3.05, 3.63) is 89.5 Å². The summed E-state index contributed by atoms with van der Waals surface area (Å²) in [6.45, 7) is 0.0233. The van der Waals surface area contributed by atoms with Crippen molar-refractivity contribution in [2.45, 2.75) is 6.54 Å². The zero-order valence-electron chi connectivity index (χ0n) is 15.1. The minimum atomic E-state index is -0.498. The van der Waals surface area contributed by atoms with Gasteiger partial charge in [0.25, 0.3) is 11.8 Å². The normalized spacial score (nSPS) is 10.2. The molecule has 28 heavy (non-hydrogen) atoms. The lowest BCUT2D eigenvalue weighted by Crippen LogP contribution is -2.25. The van der Waals surface area contributed by atoms with E-state index in [0.717, 1.165) is 0 Å². The SMILES string of the molecule is COc1ccc(NC(=O)c2cccc(C(=O)NCc3ccccc3F)n2)cc1. The summed E-state index contributed by atoms with van der Waals surface area (Å²) >= 11 is 0. The number of benzene rings is 2. The molecule has 142 valence electrons. The van der Waals surface area contributed by atoms with E-state index in [1.54, 1.807) is 55.6 Å². The highest BCUT2D eigenvalue weighted by Gasteiger charge is 2.13. The van der Waals surface area contributed by atoms with Crippen LogP contribution in [0.5, 0.6) is 5.75 Å². The molecule has 0 spiro atoms. The fourth-order valence-corrected chi connectivity index (χ4v) is 2.46. The second-order valence-electron chi connectivity index (χ2n) is 5.86. The van der Waals surface area contributed by atoms with Crippen molar-refractivity contribution in [2.24, 2.45) is 0 Å². The molecule has 0 aliphatic rings. The Morgan fingerprint density at radius 3 is 2.29 bits per heavy atom. The topological polar surface area (TPSA) is 80.3 Å². The number of amides is 2. The second kappa shape index (κ2) is 8.77. The molecular weight excluding hydrogens is 361 g/mol. The highest BCUT2D eigenvalue weighted by molar-refractivity contribution is 6.03. The van der Waals surface area contributed by atoms with E-state index < -0.39 is 17.6 Å². The number of anilines is 1. The Labute approximate surface area is 161 Å². The first kappa shape index (κ1) is 19.0. The van der Waals surface area contributed by atoms with Crippen LogP contribution in [-0.2, 0) is 6.54 Å². The van der Waals surface area contributed by atoms with Crippen LogP contribution in [0.2, 0.25) is 0 Å². The number of rotatable bonds is 6. The van der Waals surface area contributed by atoms with Gasteiger partial charge in [-0.2, -0.15) is 0 Å². The van der Waals surface area contributed by atoms with Crippen molar-refractivity contribution in [1.29, 1.82) is 0 Å². The first-order chi connectivity index (χ1) is 13.6. The van der Waals surface area contributed by atoms with Crippen molar-refractivity contribution in [1.82, 2.24) is 10.3 Å². The number of pyridine rings is 1. The number of hydrogen-bond acceptors (Lipinski definition) is 4. The monoisotopic (exact) mass is 379 g/mol. The third kappa shape index (κ3) is 4.70. The van der Waals surface area contributed by atoms with Crippen LogP contribution in [0.3, 0.4) is 0 Å². The minimum absolute atomic E-state index is 0.0233. The molecule has 1 aromatic heterocycles. The van der Waals surface area contributed by atoms with Gasteiger partial charge in [0, 0.05) is 17.8 Å². The van der Waals surface area contributed by atoms with Gasteiger partial charge in [-0.05, 0) is 42.5 Å². The van der Waals surface area contributed by atoms with E-state index in [-0.39, 0.29) is 17.9 Å². The number of aromatic nitrogens is 1. The van der Waals surface area contributed by atoms with E-state index in [2.05, 4.69) is 15.6 Å². The molecule has 0 aliphatic heterocycles. The van der Waals surface area contributed by atoms with Gasteiger partial charge in [0.15, 0.2) is 0 Å². The molecule has 0 saturated carbocycles. The zero-order valence-corrected chi connectivity index (χ0v) is 15.1. The predicted molar refractivity (Wildman–Crippen MR) is 103 cm³/mol. The van der Waals surface area contributed by atoms with Crippen LogP contribution >= 0.6 is 0 Å². The Bertz CT molecular complexity index is 990. The third-order valence-corrected chi connectivity index (χ3v) is 3.96. The molecule has 2 N–H and O–H groups in total. The van der Waals surface area contributed by atoms with Crippen molar-refractivity contribution in [3.8, 4) is 5.75 Å². The van der Waals surface area contributed by atoms with E-state index in [4.69, 9.17) is 4.74 Å². The molecule has 0 saturated heterocycles. The van der Waals surface area contributed by atoms with Crippen LogP contribution in [0, 0.1) is 5.82 Å². The molecule has 2 aromatic carbocycles. The van der Waals surface area contributed by atoms with Crippen LogP contribution in [0.15, 0.2) is 66.7 Å². The number of ether oxygens (including phenoxy) is 1. The summed E-state index contributed by atoms with van der Waals surface area (Å²) in [6.07, 6.45) is 0. The summed E-state index contributed by atoms with van der Waals surface area (Å²) in [5.41, 5.74) is 1.10. The molecule has 0 radical (unpaired) electrons. The molecule has 0 bridgehead atoms. The number of carbonyl (C=O) groups is 2. The first-order valence-corrected chi connectivity index (χ1v) is 8.51. The summed E-state index contributed by atoms with van der Waals surface area (Å²) < 4.78 is 18.7. The summed E-state index contributed by atoms with van der Waals surface area (Å²) in [4.78, 5) is 28.8. The van der Waals surface area contributed by atoms with Gasteiger partial charge < -0.3 is 15.4 Å². The maximum absolute atomic E-state index is 13.6. The maximum atomic E-state index is 13.6. The van der Waals surface area contributed by atoms with Gasteiger partial charge in [-0.1, -0.05) is 24.3 Å². The number of carbonyl (C=O) groups excluding carboxylic acids is 2. The molecule has 1 heterocycles. The molecule has 0 atom stereocenters. The fourth-order valence-electron chi connectivity index (χ4n) is 2.46. The van der Waals surface area contributed by atoms with Gasteiger partial charge in [-0.25, -0.2) is 9.37 Å². The number of methoxy groups -OCH3 is 1. The summed E-state index contributed by atoms with van der Waals surface area (Å²) in [7, 11) is 1.56. The zero-order chi connectivity index (χ0) is 19.9. The Morgan fingerprint density at radius 1 is 0.929 bits per heavy atom. The lowest BCUT2D eigenvalue weighted by Gasteiger charge is -2.08. The second-order valence-corrected chi connectivity index (χ2v) is 5.86. The molecule has 6 nitrogen and oxygen atoms in total. The van der Waals surface area contributed by atoms with Crippen molar-refractivity contribution < 1.29 is 18.7 Å². The van der Waals surface area contributed by atoms with Gasteiger partial charge in [0.1, 0.15) is 23.0 Å². The Morgan fingerprint density at radius 2 is 1.61 bits per heavy atom. The molecule has 3 aromatic rings. The highest BCUT2D eigenvalue weighted by atomic mass is 19.1. The minimum Gasteiger partial charge on any atom is -0.497 e. The van der Waals surface area contributed by atoms with Crippen molar-refractivity contribution in [2.75, 3.05) is 12.4 Å². The van der Waals surface area contributed by atoms with E-state index >= 15 is 0 Å². The quantitative estimate of drug-likeness (QED) is 0.688. The number of halogens is 1. The number of hydrogen-bond donors (Lipinski definition) is 2. The molecule has 2 amide bonds. The molecular formula is C21H18FN3O3.